The number of amides is 1. The molecule has 1 saturated carbocycles. The minimum absolute atomic E-state index is 0.0293. The van der Waals surface area contributed by atoms with Gasteiger partial charge in [-0.05, 0) is 31.7 Å². The van der Waals surface area contributed by atoms with E-state index in [1.54, 1.807) is 7.05 Å². The van der Waals surface area contributed by atoms with Crippen molar-refractivity contribution in [2.24, 2.45) is 7.05 Å². The molecule has 2 heterocycles. The summed E-state index contributed by atoms with van der Waals surface area (Å²) in [5.41, 5.74) is -1.57. The fraction of sp³-hybridized carbons (Fsp3) is 0.471. The van der Waals surface area contributed by atoms with Gasteiger partial charge in [-0.2, -0.15) is 28.3 Å². The van der Waals surface area contributed by atoms with Crippen molar-refractivity contribution in [3.05, 3.63) is 35.4 Å². The Kier molecular flexibility index (Phi) is 5.48. The zero-order chi connectivity index (χ0) is 20.3. The lowest BCUT2D eigenvalue weighted by molar-refractivity contribution is -0.138. The number of nitrogens with zero attached hydrogens (tertiary/aromatic N) is 5. The van der Waals surface area contributed by atoms with Gasteiger partial charge in [-0.15, -0.1) is 5.10 Å². The topological polar surface area (TPSA) is 106 Å². The van der Waals surface area contributed by atoms with Gasteiger partial charge < -0.3 is 10.1 Å². The molecule has 8 nitrogen and oxygen atoms in total. The number of ether oxygens (including phenoxy) is 1. The number of alkyl halides is 3. The van der Waals surface area contributed by atoms with Crippen LogP contribution in [0.3, 0.4) is 0 Å². The Bertz CT molecular complexity index is 897. The lowest BCUT2D eigenvalue weighted by atomic mass is 9.93. The molecule has 1 aliphatic carbocycles. The first-order valence-electron chi connectivity index (χ1n) is 8.57. The Morgan fingerprint density at radius 3 is 2.61 bits per heavy atom. The highest BCUT2D eigenvalue weighted by Gasteiger charge is 2.35. The number of carbonyl (C=O) groups excluding carboxylic acids is 1. The molecule has 0 atom stereocenters. The number of aromatic nitrogens is 4. The minimum atomic E-state index is -4.68. The maximum Gasteiger partial charge on any atom is 0.419 e. The summed E-state index contributed by atoms with van der Waals surface area (Å²) in [4.78, 5) is 16.9. The Labute approximate surface area is 158 Å². The second-order valence-corrected chi connectivity index (χ2v) is 6.46. The van der Waals surface area contributed by atoms with Gasteiger partial charge in [0.1, 0.15) is 11.8 Å². The summed E-state index contributed by atoms with van der Waals surface area (Å²) in [5.74, 6) is -0.345. The number of pyridine rings is 1. The third-order valence-electron chi connectivity index (χ3n) is 4.42. The van der Waals surface area contributed by atoms with Gasteiger partial charge in [-0.25, -0.2) is 4.98 Å². The molecule has 0 radical (unpaired) electrons. The van der Waals surface area contributed by atoms with Crippen molar-refractivity contribution >= 4 is 5.91 Å². The number of rotatable bonds is 4. The predicted octanol–water partition coefficient (Wildman–Crippen LogP) is 2.22. The molecule has 1 N–H and O–H groups in total. The third kappa shape index (κ3) is 4.57. The average Bonchev–Trinajstić information content (AvgIpc) is 3.09. The first kappa shape index (κ1) is 19.6. The molecule has 1 fully saturated rings. The minimum Gasteiger partial charge on any atom is -0.489 e. The van der Waals surface area contributed by atoms with Crippen LogP contribution in [0.25, 0.3) is 0 Å². The number of nitrogens with one attached hydrogen (secondary N) is 1. The van der Waals surface area contributed by atoms with Gasteiger partial charge in [0, 0.05) is 13.1 Å². The molecule has 1 aliphatic rings. The molecule has 11 heteroatoms. The van der Waals surface area contributed by atoms with E-state index in [4.69, 9.17) is 10.00 Å². The van der Waals surface area contributed by atoms with Gasteiger partial charge in [0.2, 0.25) is 0 Å². The van der Waals surface area contributed by atoms with Crippen LogP contribution in [0.15, 0.2) is 18.5 Å². The summed E-state index contributed by atoms with van der Waals surface area (Å²) in [5, 5.41) is 19.4. The highest BCUT2D eigenvalue weighted by Crippen LogP contribution is 2.34. The summed E-state index contributed by atoms with van der Waals surface area (Å²) < 4.78 is 44.7. The van der Waals surface area contributed by atoms with Gasteiger partial charge in [-0.3, -0.25) is 4.79 Å². The van der Waals surface area contributed by atoms with Crippen LogP contribution < -0.4 is 10.1 Å². The second kappa shape index (κ2) is 7.84. The van der Waals surface area contributed by atoms with E-state index in [-0.39, 0.29) is 29.5 Å². The fourth-order valence-corrected chi connectivity index (χ4v) is 3.04. The largest absolute Gasteiger partial charge is 0.489 e. The zero-order valence-corrected chi connectivity index (χ0v) is 14.9. The van der Waals surface area contributed by atoms with E-state index in [1.165, 1.54) is 17.1 Å². The molecule has 2 aromatic rings. The van der Waals surface area contributed by atoms with Crippen LogP contribution in [0.5, 0.6) is 5.75 Å². The molecule has 0 aromatic carbocycles. The maximum absolute atomic E-state index is 13.0. The van der Waals surface area contributed by atoms with Gasteiger partial charge in [0.25, 0.3) is 5.91 Å². The van der Waals surface area contributed by atoms with Crippen LogP contribution in [0.1, 0.15) is 47.4 Å². The molecule has 0 spiro atoms. The van der Waals surface area contributed by atoms with Crippen LogP contribution in [0.2, 0.25) is 0 Å². The maximum atomic E-state index is 13.0. The van der Waals surface area contributed by atoms with Crippen molar-refractivity contribution in [1.29, 1.82) is 5.26 Å². The molecular formula is C17H17F3N6O2. The fourth-order valence-electron chi connectivity index (χ4n) is 3.04. The normalized spacial score (nSPS) is 19.7. The summed E-state index contributed by atoms with van der Waals surface area (Å²) in [6.45, 7) is 0. The molecule has 0 unspecified atom stereocenters. The van der Waals surface area contributed by atoms with Gasteiger partial charge >= 0.3 is 6.18 Å². The third-order valence-corrected chi connectivity index (χ3v) is 4.42. The zero-order valence-electron chi connectivity index (χ0n) is 14.9. The van der Waals surface area contributed by atoms with Crippen molar-refractivity contribution in [3.8, 4) is 11.8 Å². The first-order chi connectivity index (χ1) is 13.3. The number of carbonyl (C=O) groups is 1. The monoisotopic (exact) mass is 394 g/mol. The molecule has 0 aliphatic heterocycles. The van der Waals surface area contributed by atoms with E-state index in [2.05, 4.69) is 20.5 Å². The Morgan fingerprint density at radius 1 is 1.32 bits per heavy atom. The smallest absolute Gasteiger partial charge is 0.419 e. The summed E-state index contributed by atoms with van der Waals surface area (Å²) >= 11 is 0. The number of nitriles is 1. The molecule has 0 bridgehead atoms. The molecule has 0 saturated heterocycles. The quantitative estimate of drug-likeness (QED) is 0.852. The van der Waals surface area contributed by atoms with E-state index >= 15 is 0 Å². The van der Waals surface area contributed by atoms with Crippen molar-refractivity contribution in [3.63, 3.8) is 0 Å². The molecule has 28 heavy (non-hydrogen) atoms. The molecule has 148 valence electrons. The average molecular weight is 394 g/mol. The second-order valence-electron chi connectivity index (χ2n) is 6.46. The van der Waals surface area contributed by atoms with E-state index in [0.29, 0.717) is 25.7 Å². The SMILES string of the molecule is Cn1ncc(C(=O)N[C@H]2CC[C@H](Oc3cnc(C#N)c(C(F)(F)F)c3)CC2)n1. The molecular weight excluding hydrogens is 377 g/mol. The van der Waals surface area contributed by atoms with Crippen LogP contribution in [0, 0.1) is 11.3 Å². The van der Waals surface area contributed by atoms with Crippen molar-refractivity contribution < 1.29 is 22.7 Å². The van der Waals surface area contributed by atoms with Crippen molar-refractivity contribution in [2.75, 3.05) is 0 Å². The Morgan fingerprint density at radius 2 is 2.04 bits per heavy atom. The lowest BCUT2D eigenvalue weighted by Crippen LogP contribution is -2.39. The van der Waals surface area contributed by atoms with Crippen LogP contribution in [0.4, 0.5) is 13.2 Å². The van der Waals surface area contributed by atoms with E-state index < -0.39 is 17.4 Å². The van der Waals surface area contributed by atoms with Crippen molar-refractivity contribution in [1.82, 2.24) is 25.3 Å². The van der Waals surface area contributed by atoms with Gasteiger partial charge in [0.15, 0.2) is 11.4 Å². The van der Waals surface area contributed by atoms with Crippen LogP contribution in [-0.2, 0) is 13.2 Å². The van der Waals surface area contributed by atoms with Crippen LogP contribution in [-0.4, -0.2) is 38.0 Å². The molecule has 1 amide bonds. The van der Waals surface area contributed by atoms with Gasteiger partial charge in [-0.1, -0.05) is 0 Å². The first-order valence-corrected chi connectivity index (χ1v) is 8.57. The number of hydrogen-bond donors (Lipinski definition) is 1. The van der Waals surface area contributed by atoms with E-state index in [1.807, 2.05) is 0 Å². The highest BCUT2D eigenvalue weighted by atomic mass is 19.4. The van der Waals surface area contributed by atoms with Crippen molar-refractivity contribution in [2.45, 2.75) is 44.0 Å². The highest BCUT2D eigenvalue weighted by molar-refractivity contribution is 5.92. The Hall–Kier alpha value is -3.16. The number of hydrogen-bond acceptors (Lipinski definition) is 6. The number of aryl methyl sites for hydroxylation is 1. The van der Waals surface area contributed by atoms with Crippen LogP contribution >= 0.6 is 0 Å². The summed E-state index contributed by atoms with van der Waals surface area (Å²) in [6.07, 6.45) is -0.116. The Balaban J connectivity index is 1.56. The standard InChI is InChI=1S/C17H17F3N6O2/c1-26-23-9-15(25-26)16(27)24-10-2-4-11(5-3-10)28-12-6-13(17(18,19)20)14(7-21)22-8-12/h6,8-11H,2-5H2,1H3,(H,24,27)/t10-,11-. The lowest BCUT2D eigenvalue weighted by Gasteiger charge is -2.29. The summed E-state index contributed by atoms with van der Waals surface area (Å²) in [7, 11) is 1.61. The summed E-state index contributed by atoms with van der Waals surface area (Å²) in [6, 6.07) is 2.16. The molecule has 3 rings (SSSR count). The van der Waals surface area contributed by atoms with E-state index in [0.717, 1.165) is 12.3 Å². The number of halogens is 3. The van der Waals surface area contributed by atoms with E-state index in [9.17, 15) is 18.0 Å². The van der Waals surface area contributed by atoms with Gasteiger partial charge in [0.05, 0.1) is 24.1 Å². The predicted molar refractivity (Wildman–Crippen MR) is 89.1 cm³/mol. The molecule has 2 aromatic heterocycles.